The number of carbonyl (C=O) groups is 3. The van der Waals surface area contributed by atoms with Gasteiger partial charge in [-0.2, -0.15) is 0 Å². The van der Waals surface area contributed by atoms with Gasteiger partial charge in [0.25, 0.3) is 0 Å². The number of hydrogen-bond donors (Lipinski definition) is 2. The largest absolute Gasteiger partial charge is 0.444 e. The standard InChI is InChI=1S/C31H41N3O4/c1-6-8-19-32-28(35)27(24-16-12-15-22(7-2)20-24)34(25-17-18-25)29(36)26(21-23-13-10-9-11-14-23)33-30(37)38-31(3,4)5/h7,9-16,20,25-27H,2,6,8,17-19,21H2,1,3-5H3,(H,32,35)(H,33,37). The van der Waals surface area contributed by atoms with Crippen LogP contribution in [0.15, 0.2) is 61.2 Å². The first-order valence-corrected chi connectivity index (χ1v) is 13.5. The summed E-state index contributed by atoms with van der Waals surface area (Å²) < 4.78 is 5.49. The molecule has 1 aliphatic carbocycles. The van der Waals surface area contributed by atoms with Gasteiger partial charge in [-0.15, -0.1) is 0 Å². The lowest BCUT2D eigenvalue weighted by Crippen LogP contribution is -2.54. The van der Waals surface area contributed by atoms with Gasteiger partial charge < -0.3 is 20.3 Å². The van der Waals surface area contributed by atoms with E-state index in [0.29, 0.717) is 12.1 Å². The van der Waals surface area contributed by atoms with E-state index in [4.69, 9.17) is 4.74 Å². The third kappa shape index (κ3) is 8.47. The topological polar surface area (TPSA) is 87.7 Å². The van der Waals surface area contributed by atoms with Crippen LogP contribution in [0.2, 0.25) is 0 Å². The molecule has 0 spiro atoms. The minimum absolute atomic E-state index is 0.0875. The first kappa shape index (κ1) is 29.0. The molecule has 0 aliphatic heterocycles. The zero-order chi connectivity index (χ0) is 27.7. The SMILES string of the molecule is C=Cc1cccc(C(C(=O)NCCCC)N(C(=O)C(Cc2ccccc2)NC(=O)OC(C)(C)C)C2CC2)c1. The molecular formula is C31H41N3O4. The molecule has 2 N–H and O–H groups in total. The fourth-order valence-electron chi connectivity index (χ4n) is 4.33. The van der Waals surface area contributed by atoms with Crippen LogP contribution >= 0.6 is 0 Å². The number of hydrogen-bond acceptors (Lipinski definition) is 4. The van der Waals surface area contributed by atoms with Crippen LogP contribution in [0, 0.1) is 0 Å². The van der Waals surface area contributed by atoms with Crippen molar-refractivity contribution >= 4 is 24.0 Å². The summed E-state index contributed by atoms with van der Waals surface area (Å²) in [4.78, 5) is 42.4. The molecule has 38 heavy (non-hydrogen) atoms. The van der Waals surface area contributed by atoms with E-state index in [1.807, 2.05) is 54.6 Å². The fourth-order valence-corrected chi connectivity index (χ4v) is 4.33. The van der Waals surface area contributed by atoms with E-state index >= 15 is 0 Å². The van der Waals surface area contributed by atoms with Crippen LogP contribution < -0.4 is 10.6 Å². The van der Waals surface area contributed by atoms with Crippen LogP contribution in [-0.4, -0.2) is 47.0 Å². The van der Waals surface area contributed by atoms with Crippen LogP contribution in [0.1, 0.15) is 76.1 Å². The van der Waals surface area contributed by atoms with Crippen LogP contribution in [-0.2, 0) is 20.7 Å². The minimum Gasteiger partial charge on any atom is -0.444 e. The first-order valence-electron chi connectivity index (χ1n) is 13.5. The maximum atomic E-state index is 14.3. The monoisotopic (exact) mass is 519 g/mol. The minimum atomic E-state index is -0.902. The molecule has 1 aliphatic rings. The number of carbonyl (C=O) groups excluding carboxylic acids is 3. The Hall–Kier alpha value is -3.61. The fraction of sp³-hybridized carbons (Fsp3) is 0.452. The third-order valence-electron chi connectivity index (χ3n) is 6.28. The number of benzene rings is 2. The lowest BCUT2D eigenvalue weighted by Gasteiger charge is -2.35. The molecule has 2 atom stereocenters. The average molecular weight is 520 g/mol. The maximum absolute atomic E-state index is 14.3. The maximum Gasteiger partial charge on any atom is 0.408 e. The normalized spacial score (nSPS) is 14.6. The van der Waals surface area contributed by atoms with E-state index in [1.165, 1.54) is 0 Å². The Morgan fingerprint density at radius 2 is 1.82 bits per heavy atom. The number of alkyl carbamates (subject to hydrolysis) is 1. The highest BCUT2D eigenvalue weighted by Gasteiger charge is 2.44. The number of unbranched alkanes of at least 4 members (excludes halogenated alkanes) is 1. The van der Waals surface area contributed by atoms with Gasteiger partial charge >= 0.3 is 6.09 Å². The van der Waals surface area contributed by atoms with E-state index in [-0.39, 0.29) is 24.3 Å². The Labute approximate surface area is 226 Å². The van der Waals surface area contributed by atoms with E-state index in [2.05, 4.69) is 24.1 Å². The molecule has 0 aromatic heterocycles. The number of nitrogens with zero attached hydrogens (tertiary/aromatic N) is 1. The zero-order valence-corrected chi connectivity index (χ0v) is 23.0. The highest BCUT2D eigenvalue weighted by Crippen LogP contribution is 2.36. The molecule has 0 radical (unpaired) electrons. The van der Waals surface area contributed by atoms with Gasteiger partial charge in [-0.3, -0.25) is 9.59 Å². The summed E-state index contributed by atoms with van der Waals surface area (Å²) in [5, 5.41) is 5.83. The van der Waals surface area contributed by atoms with Crippen LogP contribution in [0.3, 0.4) is 0 Å². The third-order valence-corrected chi connectivity index (χ3v) is 6.28. The number of amides is 3. The van der Waals surface area contributed by atoms with Crippen molar-refractivity contribution in [2.75, 3.05) is 6.54 Å². The predicted octanol–water partition coefficient (Wildman–Crippen LogP) is 5.41. The molecule has 1 fully saturated rings. The second-order valence-corrected chi connectivity index (χ2v) is 10.8. The molecule has 0 heterocycles. The van der Waals surface area contributed by atoms with Gasteiger partial charge in [0.1, 0.15) is 17.7 Å². The van der Waals surface area contributed by atoms with Gasteiger partial charge in [0.15, 0.2) is 0 Å². The molecule has 2 aromatic carbocycles. The Morgan fingerprint density at radius 1 is 1.11 bits per heavy atom. The molecule has 2 aromatic rings. The second-order valence-electron chi connectivity index (χ2n) is 10.8. The average Bonchev–Trinajstić information content (AvgIpc) is 3.71. The summed E-state index contributed by atoms with van der Waals surface area (Å²) in [6.45, 7) is 11.8. The van der Waals surface area contributed by atoms with Gasteiger partial charge in [0.2, 0.25) is 11.8 Å². The molecule has 7 nitrogen and oxygen atoms in total. The van der Waals surface area contributed by atoms with Crippen molar-refractivity contribution < 1.29 is 19.1 Å². The molecule has 3 rings (SSSR count). The molecular weight excluding hydrogens is 478 g/mol. The molecule has 7 heteroatoms. The van der Waals surface area contributed by atoms with E-state index in [9.17, 15) is 14.4 Å². The van der Waals surface area contributed by atoms with Crippen molar-refractivity contribution in [2.24, 2.45) is 0 Å². The smallest absolute Gasteiger partial charge is 0.408 e. The Kier molecular flexibility index (Phi) is 10.1. The summed E-state index contributed by atoms with van der Waals surface area (Å²) in [6, 6.07) is 15.3. The zero-order valence-electron chi connectivity index (χ0n) is 23.0. The van der Waals surface area contributed by atoms with Crippen molar-refractivity contribution in [3.05, 3.63) is 77.9 Å². The molecule has 3 amide bonds. The molecule has 1 saturated carbocycles. The molecule has 204 valence electrons. The van der Waals surface area contributed by atoms with E-state index in [0.717, 1.165) is 36.8 Å². The molecule has 2 unspecified atom stereocenters. The van der Waals surface area contributed by atoms with Crippen molar-refractivity contribution in [3.63, 3.8) is 0 Å². The predicted molar refractivity (Wildman–Crippen MR) is 150 cm³/mol. The van der Waals surface area contributed by atoms with E-state index < -0.39 is 23.8 Å². The van der Waals surface area contributed by atoms with Gasteiger partial charge in [-0.25, -0.2) is 4.79 Å². The van der Waals surface area contributed by atoms with E-state index in [1.54, 1.807) is 31.7 Å². The number of ether oxygens (including phenoxy) is 1. The first-order chi connectivity index (χ1) is 18.1. The lowest BCUT2D eigenvalue weighted by molar-refractivity contribution is -0.143. The van der Waals surface area contributed by atoms with Crippen molar-refractivity contribution in [1.29, 1.82) is 0 Å². The van der Waals surface area contributed by atoms with Crippen LogP contribution in [0.25, 0.3) is 6.08 Å². The van der Waals surface area contributed by atoms with Crippen molar-refractivity contribution in [3.8, 4) is 0 Å². The van der Waals surface area contributed by atoms with Crippen molar-refractivity contribution in [1.82, 2.24) is 15.5 Å². The molecule has 0 saturated heterocycles. The van der Waals surface area contributed by atoms with Gasteiger partial charge in [0, 0.05) is 19.0 Å². The summed E-state index contributed by atoms with van der Waals surface area (Å²) in [7, 11) is 0. The van der Waals surface area contributed by atoms with Gasteiger partial charge in [-0.1, -0.05) is 74.5 Å². The summed E-state index contributed by atoms with van der Waals surface area (Å²) in [5.41, 5.74) is 1.76. The molecule has 0 bridgehead atoms. The number of nitrogens with one attached hydrogen (secondary N) is 2. The lowest BCUT2D eigenvalue weighted by atomic mass is 9.98. The number of rotatable bonds is 12. The quantitative estimate of drug-likeness (QED) is 0.367. The summed E-state index contributed by atoms with van der Waals surface area (Å²) in [5.74, 6) is -0.530. The Bertz CT molecular complexity index is 1110. The highest BCUT2D eigenvalue weighted by molar-refractivity contribution is 5.92. The summed E-state index contributed by atoms with van der Waals surface area (Å²) >= 11 is 0. The second kappa shape index (κ2) is 13.3. The summed E-state index contributed by atoms with van der Waals surface area (Å²) in [6.07, 6.45) is 4.73. The van der Waals surface area contributed by atoms with Crippen LogP contribution in [0.4, 0.5) is 4.79 Å². The Balaban J connectivity index is 1.99. The van der Waals surface area contributed by atoms with Crippen LogP contribution in [0.5, 0.6) is 0 Å². The Morgan fingerprint density at radius 3 is 2.42 bits per heavy atom. The van der Waals surface area contributed by atoms with Gasteiger partial charge in [-0.05, 0) is 62.8 Å². The van der Waals surface area contributed by atoms with Gasteiger partial charge in [0.05, 0.1) is 0 Å². The van der Waals surface area contributed by atoms with Crippen molar-refractivity contribution in [2.45, 2.75) is 83.5 Å². The highest BCUT2D eigenvalue weighted by atomic mass is 16.6.